The molecule has 1 unspecified atom stereocenters. The monoisotopic (exact) mass is 205 g/mol. The molecule has 0 amide bonds. The Balaban J connectivity index is 2.57. The van der Waals surface area contributed by atoms with Crippen LogP contribution in [-0.4, -0.2) is 19.6 Å². The zero-order chi connectivity index (χ0) is 11.1. The van der Waals surface area contributed by atoms with Crippen molar-refractivity contribution < 1.29 is 0 Å². The lowest BCUT2D eigenvalue weighted by Crippen LogP contribution is -2.34. The van der Waals surface area contributed by atoms with Crippen molar-refractivity contribution in [3.63, 3.8) is 0 Å². The molecule has 0 bridgehead atoms. The Hall–Kier alpha value is -1.51. The van der Waals surface area contributed by atoms with Gasteiger partial charge in [-0.1, -0.05) is 37.3 Å². The van der Waals surface area contributed by atoms with E-state index in [0.717, 1.165) is 13.0 Å². The molecule has 15 heavy (non-hydrogen) atoms. The van der Waals surface area contributed by atoms with Gasteiger partial charge in [-0.3, -0.25) is 4.99 Å². The van der Waals surface area contributed by atoms with Gasteiger partial charge in [-0.05, 0) is 12.0 Å². The van der Waals surface area contributed by atoms with Gasteiger partial charge in [0.15, 0.2) is 5.96 Å². The lowest BCUT2D eigenvalue weighted by atomic mass is 9.97. The topological polar surface area (TPSA) is 50.4 Å². The first kappa shape index (κ1) is 11.6. The molecule has 0 aliphatic carbocycles. The minimum atomic E-state index is 0.492. The van der Waals surface area contributed by atoms with Crippen LogP contribution in [0, 0.1) is 0 Å². The largest absolute Gasteiger partial charge is 0.370 e. The molecule has 3 nitrogen and oxygen atoms in total. The molecule has 0 aromatic heterocycles. The van der Waals surface area contributed by atoms with E-state index in [-0.39, 0.29) is 0 Å². The Kier molecular flexibility index (Phi) is 4.68. The van der Waals surface area contributed by atoms with E-state index in [9.17, 15) is 0 Å². The average Bonchev–Trinajstić information content (AvgIpc) is 2.31. The van der Waals surface area contributed by atoms with E-state index in [1.54, 1.807) is 7.05 Å². The van der Waals surface area contributed by atoms with E-state index < -0.39 is 0 Å². The average molecular weight is 205 g/mol. The number of nitrogens with one attached hydrogen (secondary N) is 1. The van der Waals surface area contributed by atoms with Crippen LogP contribution in [-0.2, 0) is 0 Å². The Labute approximate surface area is 91.4 Å². The van der Waals surface area contributed by atoms with Gasteiger partial charge in [0.2, 0.25) is 0 Å². The first-order valence-electron chi connectivity index (χ1n) is 5.29. The maximum absolute atomic E-state index is 5.59. The third-order valence-corrected chi connectivity index (χ3v) is 2.53. The second-order valence-corrected chi connectivity index (χ2v) is 3.51. The minimum absolute atomic E-state index is 0.492. The predicted molar refractivity (Wildman–Crippen MR) is 65.0 cm³/mol. The van der Waals surface area contributed by atoms with Crippen molar-refractivity contribution in [3.05, 3.63) is 35.9 Å². The summed E-state index contributed by atoms with van der Waals surface area (Å²) in [6, 6.07) is 10.5. The summed E-state index contributed by atoms with van der Waals surface area (Å²) in [6.07, 6.45) is 1.09. The lowest BCUT2D eigenvalue weighted by Gasteiger charge is -2.16. The van der Waals surface area contributed by atoms with Gasteiger partial charge in [0.25, 0.3) is 0 Å². The number of hydrogen-bond donors (Lipinski definition) is 2. The van der Waals surface area contributed by atoms with Crippen LogP contribution in [0.3, 0.4) is 0 Å². The van der Waals surface area contributed by atoms with Gasteiger partial charge in [0.1, 0.15) is 0 Å². The SMILES string of the molecule is CCC(CNC(N)=NC)c1ccccc1. The molecule has 0 fully saturated rings. The molecule has 3 heteroatoms. The van der Waals surface area contributed by atoms with Crippen molar-refractivity contribution >= 4 is 5.96 Å². The number of guanidine groups is 1. The zero-order valence-electron chi connectivity index (χ0n) is 9.40. The summed E-state index contributed by atoms with van der Waals surface area (Å²) in [7, 11) is 1.69. The molecule has 0 saturated heterocycles. The summed E-state index contributed by atoms with van der Waals surface area (Å²) in [5, 5.41) is 3.11. The van der Waals surface area contributed by atoms with Gasteiger partial charge in [0.05, 0.1) is 0 Å². The molecule has 1 aromatic rings. The molecule has 1 aromatic carbocycles. The van der Waals surface area contributed by atoms with E-state index in [4.69, 9.17) is 5.73 Å². The smallest absolute Gasteiger partial charge is 0.188 e. The van der Waals surface area contributed by atoms with Crippen molar-refractivity contribution in [1.82, 2.24) is 5.32 Å². The molecule has 82 valence electrons. The summed E-state index contributed by atoms with van der Waals surface area (Å²) < 4.78 is 0. The van der Waals surface area contributed by atoms with Gasteiger partial charge < -0.3 is 11.1 Å². The minimum Gasteiger partial charge on any atom is -0.370 e. The molecule has 3 N–H and O–H groups in total. The molecule has 0 aliphatic heterocycles. The van der Waals surface area contributed by atoms with Crippen molar-refractivity contribution in [2.45, 2.75) is 19.3 Å². The van der Waals surface area contributed by atoms with Gasteiger partial charge in [-0.2, -0.15) is 0 Å². The van der Waals surface area contributed by atoms with Crippen LogP contribution in [0.4, 0.5) is 0 Å². The second-order valence-electron chi connectivity index (χ2n) is 3.51. The standard InChI is InChI=1S/C12H19N3/c1-3-10(9-15-12(13)14-2)11-7-5-4-6-8-11/h4-8,10H,3,9H2,1-2H3,(H3,13,14,15). The lowest BCUT2D eigenvalue weighted by molar-refractivity contribution is 0.637. The number of nitrogens with zero attached hydrogens (tertiary/aromatic N) is 1. The van der Waals surface area contributed by atoms with Crippen molar-refractivity contribution in [1.29, 1.82) is 0 Å². The third kappa shape index (κ3) is 3.62. The number of aliphatic imine (C=N–C) groups is 1. The predicted octanol–water partition coefficient (Wildman–Crippen LogP) is 1.71. The van der Waals surface area contributed by atoms with Crippen molar-refractivity contribution in [2.75, 3.05) is 13.6 Å². The van der Waals surface area contributed by atoms with Gasteiger partial charge >= 0.3 is 0 Å². The van der Waals surface area contributed by atoms with E-state index in [2.05, 4.69) is 41.5 Å². The van der Waals surface area contributed by atoms with Crippen molar-refractivity contribution in [2.24, 2.45) is 10.7 Å². The maximum Gasteiger partial charge on any atom is 0.188 e. The summed E-state index contributed by atoms with van der Waals surface area (Å²) in [4.78, 5) is 3.87. The fraction of sp³-hybridized carbons (Fsp3) is 0.417. The second kappa shape index (κ2) is 6.06. The third-order valence-electron chi connectivity index (χ3n) is 2.53. The van der Waals surface area contributed by atoms with E-state index in [1.165, 1.54) is 5.56 Å². The summed E-state index contributed by atoms with van der Waals surface area (Å²) in [6.45, 7) is 3.02. The molecular weight excluding hydrogens is 186 g/mol. The quantitative estimate of drug-likeness (QED) is 0.581. The van der Waals surface area contributed by atoms with E-state index >= 15 is 0 Å². The Bertz CT molecular complexity index is 306. The number of nitrogens with two attached hydrogens (primary N) is 1. The fourth-order valence-corrected chi connectivity index (χ4v) is 1.53. The normalized spacial score (nSPS) is 13.6. The highest BCUT2D eigenvalue weighted by Crippen LogP contribution is 2.17. The van der Waals surface area contributed by atoms with Crippen LogP contribution >= 0.6 is 0 Å². The molecule has 0 spiro atoms. The van der Waals surface area contributed by atoms with Crippen LogP contribution in [0.1, 0.15) is 24.8 Å². The summed E-state index contributed by atoms with van der Waals surface area (Å²) in [5.41, 5.74) is 6.94. The fourth-order valence-electron chi connectivity index (χ4n) is 1.53. The number of rotatable bonds is 4. The van der Waals surface area contributed by atoms with Crippen LogP contribution in [0.2, 0.25) is 0 Å². The van der Waals surface area contributed by atoms with Crippen LogP contribution in [0.25, 0.3) is 0 Å². The summed E-state index contributed by atoms with van der Waals surface area (Å²) >= 11 is 0. The van der Waals surface area contributed by atoms with E-state index in [0.29, 0.717) is 11.9 Å². The van der Waals surface area contributed by atoms with Crippen LogP contribution in [0.15, 0.2) is 35.3 Å². The van der Waals surface area contributed by atoms with Gasteiger partial charge in [-0.15, -0.1) is 0 Å². The van der Waals surface area contributed by atoms with Crippen LogP contribution in [0.5, 0.6) is 0 Å². The number of benzene rings is 1. The first-order chi connectivity index (χ1) is 7.27. The molecule has 1 rings (SSSR count). The maximum atomic E-state index is 5.59. The Morgan fingerprint density at radius 3 is 2.60 bits per heavy atom. The molecular formula is C12H19N3. The molecule has 0 heterocycles. The van der Waals surface area contributed by atoms with Crippen molar-refractivity contribution in [3.8, 4) is 0 Å². The molecule has 0 aliphatic rings. The van der Waals surface area contributed by atoms with Gasteiger partial charge in [0, 0.05) is 19.5 Å². The highest BCUT2D eigenvalue weighted by molar-refractivity contribution is 5.77. The molecule has 0 radical (unpaired) electrons. The highest BCUT2D eigenvalue weighted by atomic mass is 15.1. The Morgan fingerprint density at radius 1 is 1.40 bits per heavy atom. The zero-order valence-corrected chi connectivity index (χ0v) is 9.40. The molecule has 1 atom stereocenters. The highest BCUT2D eigenvalue weighted by Gasteiger charge is 2.08. The summed E-state index contributed by atoms with van der Waals surface area (Å²) in [5.74, 6) is 0.996. The van der Waals surface area contributed by atoms with E-state index in [1.807, 2.05) is 6.07 Å². The first-order valence-corrected chi connectivity index (χ1v) is 5.29. The van der Waals surface area contributed by atoms with Gasteiger partial charge in [-0.25, -0.2) is 0 Å². The molecule has 0 saturated carbocycles. The Morgan fingerprint density at radius 2 is 2.07 bits per heavy atom. The number of hydrogen-bond acceptors (Lipinski definition) is 1. The van der Waals surface area contributed by atoms with Crippen LogP contribution < -0.4 is 11.1 Å².